The molecule has 0 aliphatic rings. The van der Waals surface area contributed by atoms with Crippen LogP contribution in [0.15, 0.2) is 53.5 Å². The minimum Gasteiger partial charge on any atom is -0.497 e. The molecular weight excluding hydrogens is 372 g/mol. The van der Waals surface area contributed by atoms with Crippen LogP contribution in [0.5, 0.6) is 11.5 Å². The minimum atomic E-state index is -0.262. The molecule has 1 amide bonds. The maximum absolute atomic E-state index is 13.1. The Labute approximate surface area is 166 Å². The second-order valence-corrected chi connectivity index (χ2v) is 6.63. The van der Waals surface area contributed by atoms with E-state index in [1.807, 2.05) is 18.2 Å². The van der Waals surface area contributed by atoms with Crippen molar-refractivity contribution in [2.24, 2.45) is 0 Å². The molecule has 0 fully saturated rings. The van der Waals surface area contributed by atoms with Crippen molar-refractivity contribution < 1.29 is 14.3 Å². The largest absolute Gasteiger partial charge is 0.497 e. The highest BCUT2D eigenvalue weighted by Gasteiger charge is 2.20. The van der Waals surface area contributed by atoms with Gasteiger partial charge >= 0.3 is 0 Å². The summed E-state index contributed by atoms with van der Waals surface area (Å²) in [6.45, 7) is 0.321. The highest BCUT2D eigenvalue weighted by Crippen LogP contribution is 2.26. The Morgan fingerprint density at radius 3 is 2.72 bits per heavy atom. The zero-order valence-electron chi connectivity index (χ0n) is 16.3. The number of carbonyl (C=O) groups excluding carboxylic acids is 1. The fourth-order valence-corrected chi connectivity index (χ4v) is 3.35. The Morgan fingerprint density at radius 1 is 1.17 bits per heavy atom. The van der Waals surface area contributed by atoms with Gasteiger partial charge in [0.25, 0.3) is 11.5 Å². The molecular formula is C21H20N4O4. The van der Waals surface area contributed by atoms with E-state index in [4.69, 9.17) is 9.47 Å². The Bertz CT molecular complexity index is 1270. The lowest BCUT2D eigenvalue weighted by Gasteiger charge is -2.19. The normalized spacial score (nSPS) is 11.0. The molecule has 0 aliphatic carbocycles. The van der Waals surface area contributed by atoms with Crippen molar-refractivity contribution in [1.29, 1.82) is 0 Å². The van der Waals surface area contributed by atoms with Crippen molar-refractivity contribution in [3.8, 4) is 11.5 Å². The van der Waals surface area contributed by atoms with Gasteiger partial charge in [-0.2, -0.15) is 5.10 Å². The Kier molecular flexibility index (Phi) is 4.67. The van der Waals surface area contributed by atoms with E-state index in [0.717, 1.165) is 5.56 Å². The number of carbonyl (C=O) groups is 1. The maximum atomic E-state index is 13.1. The van der Waals surface area contributed by atoms with Gasteiger partial charge < -0.3 is 19.4 Å². The van der Waals surface area contributed by atoms with E-state index in [2.05, 4.69) is 10.1 Å². The van der Waals surface area contributed by atoms with Gasteiger partial charge in [0.2, 0.25) is 0 Å². The van der Waals surface area contributed by atoms with E-state index in [9.17, 15) is 9.59 Å². The van der Waals surface area contributed by atoms with Crippen LogP contribution < -0.4 is 15.0 Å². The van der Waals surface area contributed by atoms with Crippen LogP contribution in [0, 0.1) is 0 Å². The van der Waals surface area contributed by atoms with E-state index in [1.54, 1.807) is 54.9 Å². The molecule has 4 aromatic rings. The fourth-order valence-electron chi connectivity index (χ4n) is 3.35. The number of hydrogen-bond acceptors (Lipinski definition) is 5. The first-order valence-corrected chi connectivity index (χ1v) is 8.98. The monoisotopic (exact) mass is 392 g/mol. The van der Waals surface area contributed by atoms with Crippen molar-refractivity contribution in [3.05, 3.63) is 70.1 Å². The third kappa shape index (κ3) is 3.18. The van der Waals surface area contributed by atoms with Crippen molar-refractivity contribution in [3.63, 3.8) is 0 Å². The molecule has 8 nitrogen and oxygen atoms in total. The van der Waals surface area contributed by atoms with Crippen molar-refractivity contribution in [2.75, 3.05) is 21.3 Å². The highest BCUT2D eigenvalue weighted by molar-refractivity contribution is 6.00. The third-order valence-electron chi connectivity index (χ3n) is 4.86. The van der Waals surface area contributed by atoms with E-state index in [-0.39, 0.29) is 11.5 Å². The van der Waals surface area contributed by atoms with Gasteiger partial charge in [0, 0.05) is 25.2 Å². The molecule has 0 spiro atoms. The van der Waals surface area contributed by atoms with Crippen molar-refractivity contribution in [2.45, 2.75) is 6.54 Å². The lowest BCUT2D eigenvalue weighted by atomic mass is 10.1. The molecule has 148 valence electrons. The van der Waals surface area contributed by atoms with E-state index >= 15 is 0 Å². The number of rotatable bonds is 5. The van der Waals surface area contributed by atoms with Gasteiger partial charge in [-0.25, -0.2) is 4.52 Å². The molecule has 0 radical (unpaired) electrons. The average molecular weight is 392 g/mol. The molecule has 2 aromatic carbocycles. The smallest absolute Gasteiger partial charge is 0.259 e. The van der Waals surface area contributed by atoms with Crippen LogP contribution >= 0.6 is 0 Å². The Balaban J connectivity index is 1.70. The molecule has 0 saturated heterocycles. The van der Waals surface area contributed by atoms with Gasteiger partial charge in [-0.05, 0) is 24.3 Å². The number of fused-ring (bicyclic) bond motifs is 3. The number of amides is 1. The van der Waals surface area contributed by atoms with Gasteiger partial charge in [-0.1, -0.05) is 12.1 Å². The van der Waals surface area contributed by atoms with Crippen LogP contribution in [-0.4, -0.2) is 46.7 Å². The summed E-state index contributed by atoms with van der Waals surface area (Å²) in [4.78, 5) is 29.8. The summed E-state index contributed by atoms with van der Waals surface area (Å²) >= 11 is 0. The quantitative estimate of drug-likeness (QED) is 0.564. The predicted molar refractivity (Wildman–Crippen MR) is 109 cm³/mol. The van der Waals surface area contributed by atoms with Gasteiger partial charge in [0.1, 0.15) is 22.7 Å². The first-order valence-electron chi connectivity index (χ1n) is 8.98. The molecule has 4 rings (SSSR count). The van der Waals surface area contributed by atoms with Crippen LogP contribution in [0.4, 0.5) is 0 Å². The minimum absolute atomic E-state index is 0.260. The van der Waals surface area contributed by atoms with Crippen LogP contribution in [-0.2, 0) is 6.54 Å². The lowest BCUT2D eigenvalue weighted by Crippen LogP contribution is -2.26. The number of para-hydroxylation sites is 1. The summed E-state index contributed by atoms with van der Waals surface area (Å²) in [5.41, 5.74) is 1.90. The molecule has 8 heteroatoms. The number of nitrogens with one attached hydrogen (secondary N) is 1. The lowest BCUT2D eigenvalue weighted by molar-refractivity contribution is 0.0786. The van der Waals surface area contributed by atoms with E-state index in [0.29, 0.717) is 40.2 Å². The predicted octanol–water partition coefficient (Wildman–Crippen LogP) is 2.47. The number of nitrogens with zero attached hydrogens (tertiary/aromatic N) is 3. The maximum Gasteiger partial charge on any atom is 0.259 e. The Hall–Kier alpha value is -3.81. The third-order valence-corrected chi connectivity index (χ3v) is 4.86. The molecule has 0 bridgehead atoms. The first-order chi connectivity index (χ1) is 14.0. The number of ether oxygens (including phenoxy) is 2. The number of benzene rings is 2. The van der Waals surface area contributed by atoms with Crippen LogP contribution in [0.3, 0.4) is 0 Å². The molecule has 0 saturated carbocycles. The number of aromatic amines is 1. The summed E-state index contributed by atoms with van der Waals surface area (Å²) in [5.74, 6) is 1.04. The number of hydrogen-bond donors (Lipinski definition) is 1. The second kappa shape index (κ2) is 7.31. The van der Waals surface area contributed by atoms with Crippen molar-refractivity contribution in [1.82, 2.24) is 19.5 Å². The van der Waals surface area contributed by atoms with Gasteiger partial charge in [0.15, 0.2) is 0 Å². The van der Waals surface area contributed by atoms with Crippen LogP contribution in [0.2, 0.25) is 0 Å². The van der Waals surface area contributed by atoms with Gasteiger partial charge in [-0.3, -0.25) is 9.59 Å². The Morgan fingerprint density at radius 2 is 1.97 bits per heavy atom. The summed E-state index contributed by atoms with van der Waals surface area (Å²) in [5, 5.41) is 4.83. The topological polar surface area (TPSA) is 88.9 Å². The summed E-state index contributed by atoms with van der Waals surface area (Å²) in [6, 6.07) is 12.6. The molecule has 0 atom stereocenters. The molecule has 0 unspecified atom stereocenters. The molecule has 2 heterocycles. The average Bonchev–Trinajstić information content (AvgIpc) is 3.17. The fraction of sp³-hybridized carbons (Fsp3) is 0.190. The number of methoxy groups -OCH3 is 2. The van der Waals surface area contributed by atoms with Gasteiger partial charge in [0.05, 0.1) is 31.3 Å². The van der Waals surface area contributed by atoms with Crippen molar-refractivity contribution >= 4 is 22.5 Å². The second-order valence-electron chi connectivity index (χ2n) is 6.63. The summed E-state index contributed by atoms with van der Waals surface area (Å²) in [7, 11) is 4.84. The molecule has 2 aromatic heterocycles. The van der Waals surface area contributed by atoms with E-state index in [1.165, 1.54) is 6.20 Å². The molecule has 0 aliphatic heterocycles. The molecule has 1 N–H and O–H groups in total. The van der Waals surface area contributed by atoms with Gasteiger partial charge in [-0.15, -0.1) is 0 Å². The van der Waals surface area contributed by atoms with Crippen LogP contribution in [0.25, 0.3) is 16.6 Å². The summed E-state index contributed by atoms with van der Waals surface area (Å²) < 4.78 is 12.2. The SMILES string of the molecule is COc1ccc(CN(C)C(=O)c2cnn3c2[nH]c(=O)c2ccccc23)c(OC)c1. The highest BCUT2D eigenvalue weighted by atomic mass is 16.5. The number of H-pyrrole nitrogens is 1. The van der Waals surface area contributed by atoms with Crippen LogP contribution in [0.1, 0.15) is 15.9 Å². The standard InChI is InChI=1S/C21H20N4O4/c1-24(12-13-8-9-14(28-2)10-18(13)29-3)21(27)16-11-22-25-17-7-5-4-6-15(17)20(26)23-19(16)25/h4-11H,12H2,1-3H3,(H,23,26). The zero-order chi connectivity index (χ0) is 20.5. The first kappa shape index (κ1) is 18.5. The summed E-state index contributed by atoms with van der Waals surface area (Å²) in [6.07, 6.45) is 1.47. The number of aromatic nitrogens is 3. The zero-order valence-corrected chi connectivity index (χ0v) is 16.3. The molecule has 29 heavy (non-hydrogen) atoms. The van der Waals surface area contributed by atoms with E-state index < -0.39 is 0 Å².